The lowest BCUT2D eigenvalue weighted by atomic mass is 9.96. The Bertz CT molecular complexity index is 903. The third kappa shape index (κ3) is 3.94. The van der Waals surface area contributed by atoms with E-state index in [1.54, 1.807) is 6.20 Å². The van der Waals surface area contributed by atoms with Crippen molar-refractivity contribution in [1.29, 1.82) is 0 Å². The van der Waals surface area contributed by atoms with E-state index in [1.807, 2.05) is 40.9 Å². The zero-order chi connectivity index (χ0) is 17.9. The minimum atomic E-state index is 0.0466. The molecule has 0 aliphatic carbocycles. The van der Waals surface area contributed by atoms with Crippen LogP contribution in [0.1, 0.15) is 18.5 Å². The summed E-state index contributed by atoms with van der Waals surface area (Å²) in [4.78, 5) is 23.6. The van der Waals surface area contributed by atoms with Gasteiger partial charge in [-0.25, -0.2) is 9.97 Å². The molecule has 1 N–H and O–H groups in total. The average molecular weight is 414 g/mol. The van der Waals surface area contributed by atoms with Crippen LogP contribution in [0.2, 0.25) is 0 Å². The molecule has 6 nitrogen and oxygen atoms in total. The zero-order valence-electron chi connectivity index (χ0n) is 14.3. The Kier molecular flexibility index (Phi) is 4.99. The highest BCUT2D eigenvalue weighted by atomic mass is 79.9. The summed E-state index contributed by atoms with van der Waals surface area (Å²) in [5.41, 5.74) is 2.01. The van der Waals surface area contributed by atoms with Crippen LogP contribution >= 0.6 is 15.9 Å². The van der Waals surface area contributed by atoms with Gasteiger partial charge in [0.05, 0.1) is 5.69 Å². The number of piperidine rings is 1. The Morgan fingerprint density at radius 2 is 2.04 bits per heavy atom. The first-order chi connectivity index (χ1) is 12.7. The highest BCUT2D eigenvalue weighted by molar-refractivity contribution is 9.10. The predicted molar refractivity (Wildman–Crippen MR) is 104 cm³/mol. The summed E-state index contributed by atoms with van der Waals surface area (Å²) in [5.74, 6) is 0.738. The third-order valence-electron chi connectivity index (χ3n) is 4.72. The molecule has 0 unspecified atom stereocenters. The monoisotopic (exact) mass is 413 g/mol. The highest BCUT2D eigenvalue weighted by Gasteiger charge is 2.25. The van der Waals surface area contributed by atoms with E-state index in [4.69, 9.17) is 0 Å². The Hall–Kier alpha value is -2.25. The maximum Gasteiger partial charge on any atom is 0.228 e. The lowest BCUT2D eigenvalue weighted by Gasteiger charge is -2.30. The number of carbonyl (C=O) groups excluding carboxylic acids is 1. The molecule has 0 bridgehead atoms. The molecular formula is C19H20BrN5O. The van der Waals surface area contributed by atoms with Crippen LogP contribution in [0.15, 0.2) is 53.4 Å². The van der Waals surface area contributed by atoms with Crippen LogP contribution in [0.5, 0.6) is 0 Å². The van der Waals surface area contributed by atoms with Crippen LogP contribution in [0.3, 0.4) is 0 Å². The van der Waals surface area contributed by atoms with Gasteiger partial charge in [0.1, 0.15) is 11.5 Å². The van der Waals surface area contributed by atoms with Crippen molar-refractivity contribution < 1.29 is 4.79 Å². The van der Waals surface area contributed by atoms with Gasteiger partial charge in [-0.1, -0.05) is 6.07 Å². The average Bonchev–Trinajstić information content (AvgIpc) is 3.04. The first kappa shape index (κ1) is 17.2. The lowest BCUT2D eigenvalue weighted by Crippen LogP contribution is -2.37. The summed E-state index contributed by atoms with van der Waals surface area (Å²) in [7, 11) is 0. The maximum absolute atomic E-state index is 12.4. The number of fused-ring (bicyclic) bond motifs is 1. The van der Waals surface area contributed by atoms with Crippen LogP contribution in [-0.4, -0.2) is 38.3 Å². The number of imidazole rings is 1. The maximum atomic E-state index is 12.4. The molecule has 4 heterocycles. The summed E-state index contributed by atoms with van der Waals surface area (Å²) in [6, 6.07) is 9.53. The van der Waals surface area contributed by atoms with Gasteiger partial charge in [0.2, 0.25) is 5.91 Å². The van der Waals surface area contributed by atoms with Crippen molar-refractivity contribution in [1.82, 2.24) is 19.3 Å². The molecule has 7 heteroatoms. The molecule has 0 spiro atoms. The summed E-state index contributed by atoms with van der Waals surface area (Å²) < 4.78 is 3.07. The molecule has 26 heavy (non-hydrogen) atoms. The number of likely N-dealkylation sites (tertiary alicyclic amines) is 1. The second kappa shape index (κ2) is 7.55. The van der Waals surface area contributed by atoms with Crippen molar-refractivity contribution in [2.24, 2.45) is 5.92 Å². The number of carbonyl (C=O) groups is 1. The standard InChI is InChI=1S/C19H20BrN5O/c20-15-4-5-18-22-16(13-25(18)11-15)12-24-9-6-14(7-10-24)19(26)23-17-3-1-2-8-21-17/h1-5,8,11,13-14H,6-7,9-10,12H2,(H,21,23,26). The van der Waals surface area contributed by atoms with E-state index in [1.165, 1.54) is 0 Å². The Labute approximate surface area is 160 Å². The van der Waals surface area contributed by atoms with Crippen molar-refractivity contribution in [3.05, 3.63) is 59.1 Å². The molecule has 0 saturated carbocycles. The first-order valence-corrected chi connectivity index (χ1v) is 9.54. The quantitative estimate of drug-likeness (QED) is 0.712. The van der Waals surface area contributed by atoms with E-state index in [-0.39, 0.29) is 11.8 Å². The van der Waals surface area contributed by atoms with Gasteiger partial charge in [0, 0.05) is 35.5 Å². The summed E-state index contributed by atoms with van der Waals surface area (Å²) in [6.45, 7) is 2.61. The fourth-order valence-corrected chi connectivity index (χ4v) is 3.69. The minimum absolute atomic E-state index is 0.0466. The van der Waals surface area contributed by atoms with Gasteiger partial charge in [-0.15, -0.1) is 0 Å². The molecule has 1 aliphatic heterocycles. The molecule has 1 aliphatic rings. The molecule has 134 valence electrons. The smallest absolute Gasteiger partial charge is 0.228 e. The molecule has 1 fully saturated rings. The molecule has 0 radical (unpaired) electrons. The van der Waals surface area contributed by atoms with Crippen molar-refractivity contribution in [2.45, 2.75) is 19.4 Å². The lowest BCUT2D eigenvalue weighted by molar-refractivity contribution is -0.121. The first-order valence-electron chi connectivity index (χ1n) is 8.75. The number of nitrogens with zero attached hydrogens (tertiary/aromatic N) is 4. The van der Waals surface area contributed by atoms with Crippen LogP contribution in [0.25, 0.3) is 5.65 Å². The molecule has 3 aromatic rings. The highest BCUT2D eigenvalue weighted by Crippen LogP contribution is 2.21. The van der Waals surface area contributed by atoms with Crippen LogP contribution in [0, 0.1) is 5.92 Å². The molecule has 1 amide bonds. The Balaban J connectivity index is 1.32. The SMILES string of the molecule is O=C(Nc1ccccn1)C1CCN(Cc2cn3cc(Br)ccc3n2)CC1. The van der Waals surface area contributed by atoms with Gasteiger partial charge >= 0.3 is 0 Å². The van der Waals surface area contributed by atoms with E-state index < -0.39 is 0 Å². The number of halogens is 1. The van der Waals surface area contributed by atoms with Crippen molar-refractivity contribution >= 4 is 33.3 Å². The second-order valence-corrected chi connectivity index (χ2v) is 7.52. The number of aromatic nitrogens is 3. The summed E-state index contributed by atoms with van der Waals surface area (Å²) >= 11 is 3.48. The van der Waals surface area contributed by atoms with E-state index >= 15 is 0 Å². The van der Waals surface area contributed by atoms with Gasteiger partial charge in [-0.2, -0.15) is 0 Å². The third-order valence-corrected chi connectivity index (χ3v) is 5.19. The zero-order valence-corrected chi connectivity index (χ0v) is 15.9. The van der Waals surface area contributed by atoms with Gasteiger partial charge in [0.25, 0.3) is 0 Å². The molecular weight excluding hydrogens is 394 g/mol. The topological polar surface area (TPSA) is 62.5 Å². The minimum Gasteiger partial charge on any atom is -0.310 e. The van der Waals surface area contributed by atoms with E-state index in [0.29, 0.717) is 5.82 Å². The molecule has 0 aromatic carbocycles. The normalized spacial score (nSPS) is 16.0. The van der Waals surface area contributed by atoms with E-state index in [9.17, 15) is 4.79 Å². The summed E-state index contributed by atoms with van der Waals surface area (Å²) in [6.07, 6.45) is 7.49. The molecule has 1 saturated heterocycles. The predicted octanol–water partition coefficient (Wildman–Crippen LogP) is 3.34. The molecule has 4 rings (SSSR count). The van der Waals surface area contributed by atoms with Crippen LogP contribution in [0.4, 0.5) is 5.82 Å². The number of anilines is 1. The van der Waals surface area contributed by atoms with Crippen molar-refractivity contribution in [3.63, 3.8) is 0 Å². The van der Waals surface area contributed by atoms with Crippen LogP contribution < -0.4 is 5.32 Å². The second-order valence-electron chi connectivity index (χ2n) is 6.60. The van der Waals surface area contributed by atoms with Gasteiger partial charge < -0.3 is 9.72 Å². The molecule has 3 aromatic heterocycles. The number of nitrogens with one attached hydrogen (secondary N) is 1. The Morgan fingerprint density at radius 1 is 1.19 bits per heavy atom. The van der Waals surface area contributed by atoms with Gasteiger partial charge in [0.15, 0.2) is 0 Å². The van der Waals surface area contributed by atoms with Gasteiger partial charge in [-0.3, -0.25) is 9.69 Å². The largest absolute Gasteiger partial charge is 0.310 e. The number of hydrogen-bond donors (Lipinski definition) is 1. The van der Waals surface area contributed by atoms with Crippen molar-refractivity contribution in [2.75, 3.05) is 18.4 Å². The van der Waals surface area contributed by atoms with E-state index in [2.05, 4.69) is 42.3 Å². The van der Waals surface area contributed by atoms with Crippen molar-refractivity contribution in [3.8, 4) is 0 Å². The van der Waals surface area contributed by atoms with Gasteiger partial charge in [-0.05, 0) is 66.1 Å². The number of rotatable bonds is 4. The summed E-state index contributed by atoms with van der Waals surface area (Å²) in [5, 5.41) is 2.91. The number of hydrogen-bond acceptors (Lipinski definition) is 4. The fourth-order valence-electron chi connectivity index (χ4n) is 3.34. The number of pyridine rings is 2. The molecule has 0 atom stereocenters. The number of amides is 1. The fraction of sp³-hybridized carbons (Fsp3) is 0.316. The Morgan fingerprint density at radius 3 is 2.81 bits per heavy atom. The van der Waals surface area contributed by atoms with E-state index in [0.717, 1.165) is 48.3 Å². The van der Waals surface area contributed by atoms with Crippen LogP contribution in [-0.2, 0) is 11.3 Å².